The summed E-state index contributed by atoms with van der Waals surface area (Å²) in [5.74, 6) is -1.59. The molecule has 0 aromatic carbocycles. The maximum atomic E-state index is 12.7. The number of esters is 2. The minimum absolute atomic E-state index is 0.00425. The molecule has 61 heavy (non-hydrogen) atoms. The van der Waals surface area contributed by atoms with Crippen LogP contribution in [0.2, 0.25) is 0 Å². The van der Waals surface area contributed by atoms with Gasteiger partial charge in [0.05, 0.1) is 40.0 Å². The van der Waals surface area contributed by atoms with E-state index in [4.69, 9.17) is 18.5 Å². The Morgan fingerprint density at radius 2 is 1.36 bits per heavy atom. The molecule has 0 amide bonds. The quantitative estimate of drug-likeness (QED) is 0.0178. The van der Waals surface area contributed by atoms with Gasteiger partial charge in [-0.3, -0.25) is 23.4 Å². The van der Waals surface area contributed by atoms with Gasteiger partial charge < -0.3 is 29.1 Å². The lowest BCUT2D eigenvalue weighted by Gasteiger charge is -2.24. The van der Waals surface area contributed by atoms with Crippen LogP contribution in [0.4, 0.5) is 0 Å². The fraction of sp³-hybridized carbons (Fsp3) is 0.771. The summed E-state index contributed by atoms with van der Waals surface area (Å²) in [6.45, 7) is 3.98. The van der Waals surface area contributed by atoms with Crippen molar-refractivity contribution in [1.29, 1.82) is 0 Å². The molecule has 0 heterocycles. The van der Waals surface area contributed by atoms with Gasteiger partial charge in [-0.2, -0.15) is 0 Å². The van der Waals surface area contributed by atoms with E-state index in [2.05, 4.69) is 44.2 Å². The first-order valence-corrected chi connectivity index (χ1v) is 25.0. The van der Waals surface area contributed by atoms with E-state index in [0.29, 0.717) is 43.1 Å². The summed E-state index contributed by atoms with van der Waals surface area (Å²) in [5.41, 5.74) is 0. The van der Waals surface area contributed by atoms with Crippen LogP contribution < -0.4 is 0 Å². The fourth-order valence-corrected chi connectivity index (χ4v) is 7.73. The molecule has 1 saturated carbocycles. The van der Waals surface area contributed by atoms with Crippen molar-refractivity contribution in [3.63, 3.8) is 0 Å². The molecule has 1 fully saturated rings. The third-order valence-electron chi connectivity index (χ3n) is 10.7. The zero-order valence-electron chi connectivity index (χ0n) is 38.6. The highest BCUT2D eigenvalue weighted by molar-refractivity contribution is 7.47. The van der Waals surface area contributed by atoms with E-state index >= 15 is 0 Å². The van der Waals surface area contributed by atoms with E-state index in [1.807, 2.05) is 27.2 Å². The summed E-state index contributed by atoms with van der Waals surface area (Å²) >= 11 is 0. The number of allylic oxidation sites excluding steroid dienone is 7. The zero-order valence-corrected chi connectivity index (χ0v) is 39.5. The molecule has 0 aliphatic heterocycles. The molecule has 1 rings (SSSR count). The highest BCUT2D eigenvalue weighted by atomic mass is 31.2. The second-order valence-corrected chi connectivity index (χ2v) is 19.0. The first-order valence-electron chi connectivity index (χ1n) is 23.5. The van der Waals surface area contributed by atoms with Crippen molar-refractivity contribution >= 4 is 25.5 Å². The Morgan fingerprint density at radius 3 is 2.05 bits per heavy atom. The van der Waals surface area contributed by atoms with Gasteiger partial charge in [0, 0.05) is 25.2 Å². The Balaban J connectivity index is 2.49. The number of carbonyl (C=O) groups is 3. The summed E-state index contributed by atoms with van der Waals surface area (Å²) < 4.78 is 34.2. The number of Topliss-reactive ketones (excluding diaryl/α,β-unsaturated/α-hetero) is 1. The number of unbranched alkanes of at least 4 members (excludes halogenated alkanes) is 12. The lowest BCUT2D eigenvalue weighted by atomic mass is 9.88. The van der Waals surface area contributed by atoms with Gasteiger partial charge in [0.25, 0.3) is 0 Å². The maximum absolute atomic E-state index is 12.7. The van der Waals surface area contributed by atoms with E-state index in [-0.39, 0.29) is 44.2 Å². The van der Waals surface area contributed by atoms with Gasteiger partial charge >= 0.3 is 19.8 Å². The van der Waals surface area contributed by atoms with Gasteiger partial charge in [-0.05, 0) is 63.7 Å². The third kappa shape index (κ3) is 32.0. The van der Waals surface area contributed by atoms with Crippen molar-refractivity contribution in [3.05, 3.63) is 48.6 Å². The van der Waals surface area contributed by atoms with Crippen molar-refractivity contribution in [2.45, 2.75) is 180 Å². The van der Waals surface area contributed by atoms with Crippen LogP contribution in [0.1, 0.15) is 162 Å². The summed E-state index contributed by atoms with van der Waals surface area (Å²) in [4.78, 5) is 48.1. The number of ether oxygens (including phenoxy) is 2. The lowest BCUT2D eigenvalue weighted by Crippen LogP contribution is -2.37. The summed E-state index contributed by atoms with van der Waals surface area (Å²) in [7, 11) is 1.31. The highest BCUT2D eigenvalue weighted by Gasteiger charge is 2.39. The standard InChI is InChI=1S/C48H84NO11P/c1-6-8-10-11-12-13-14-15-16-17-18-19-20-21-22-23-29-33-48(54)60-42(40-59-61(55,56)58-37-36-49(3,4)5)39-57-47(53)32-28-25-24-27-31-43-44(46(52)38-45(43)51)35-34-41(50)30-26-9-7-2/h15-16,18-19,21-22,34-35,41-45,50-51H,6-14,17,20,23-33,36-40H2,1-5H3/p+1/b16-15-,19-18-,22-21-,35-34+/t41-,42+,43+,44+,45-/m0/s1. The SMILES string of the molecule is CCCCCCCC/C=C\C/C=C\C/C=C\CCCC(=O)O[C@H](COC(=O)CCCCCC[C@H]1[C@@H](O)CC(=O)[C@@H]1/C=C/[C@@H](O)CCCCC)COP(=O)(O)OCC[N+](C)(C)C. The molecule has 0 aromatic heterocycles. The first kappa shape index (κ1) is 56.6. The number of rotatable bonds is 38. The van der Waals surface area contributed by atoms with Crippen LogP contribution in [0.5, 0.6) is 0 Å². The van der Waals surface area contributed by atoms with Crippen LogP contribution in [0.25, 0.3) is 0 Å². The molecule has 6 atom stereocenters. The Bertz CT molecular complexity index is 1340. The van der Waals surface area contributed by atoms with Gasteiger partial charge in [0.1, 0.15) is 25.5 Å². The monoisotopic (exact) mass is 883 g/mol. The average Bonchev–Trinajstić information content (AvgIpc) is 3.47. The Hall–Kier alpha value is -2.44. The second kappa shape index (κ2) is 35.0. The number of hydrogen-bond acceptors (Lipinski definition) is 10. The molecular formula is C48H85NO11P+. The van der Waals surface area contributed by atoms with Crippen LogP contribution in [0, 0.1) is 11.8 Å². The molecule has 0 spiro atoms. The molecule has 12 nitrogen and oxygen atoms in total. The molecule has 0 saturated heterocycles. The molecule has 0 aromatic rings. The smallest absolute Gasteiger partial charge is 0.462 e. The Kier molecular flexibility index (Phi) is 32.4. The number of carbonyl (C=O) groups excluding carboxylic acids is 3. The van der Waals surface area contributed by atoms with E-state index in [1.165, 1.54) is 38.5 Å². The molecule has 13 heteroatoms. The molecule has 0 radical (unpaired) electrons. The van der Waals surface area contributed by atoms with Gasteiger partial charge in [-0.25, -0.2) is 4.57 Å². The lowest BCUT2D eigenvalue weighted by molar-refractivity contribution is -0.870. The molecule has 352 valence electrons. The minimum Gasteiger partial charge on any atom is -0.462 e. The van der Waals surface area contributed by atoms with Crippen LogP contribution in [-0.4, -0.2) is 103 Å². The summed E-state index contributed by atoms with van der Waals surface area (Å²) in [6, 6.07) is 0. The van der Waals surface area contributed by atoms with E-state index in [9.17, 15) is 34.1 Å². The third-order valence-corrected chi connectivity index (χ3v) is 11.7. The van der Waals surface area contributed by atoms with Crippen LogP contribution >= 0.6 is 7.82 Å². The topological polar surface area (TPSA) is 166 Å². The second-order valence-electron chi connectivity index (χ2n) is 17.6. The Morgan fingerprint density at radius 1 is 0.770 bits per heavy atom. The van der Waals surface area contributed by atoms with Crippen LogP contribution in [0.3, 0.4) is 0 Å². The molecule has 1 aliphatic rings. The van der Waals surface area contributed by atoms with E-state index in [1.54, 1.807) is 12.2 Å². The van der Waals surface area contributed by atoms with Crippen LogP contribution in [-0.2, 0) is 37.5 Å². The predicted molar refractivity (Wildman–Crippen MR) is 244 cm³/mol. The fourth-order valence-electron chi connectivity index (χ4n) is 6.99. The Labute approximate surface area is 369 Å². The number of likely N-dealkylation sites (N-methyl/N-ethyl adjacent to an activating group) is 1. The molecule has 0 bridgehead atoms. The van der Waals surface area contributed by atoms with Crippen molar-refractivity contribution < 1.29 is 57.1 Å². The number of aliphatic hydroxyl groups is 2. The average molecular weight is 883 g/mol. The first-order chi connectivity index (χ1) is 29.2. The van der Waals surface area contributed by atoms with E-state index in [0.717, 1.165) is 57.8 Å². The van der Waals surface area contributed by atoms with Crippen molar-refractivity contribution in [2.24, 2.45) is 11.8 Å². The zero-order chi connectivity index (χ0) is 45.2. The minimum atomic E-state index is -4.45. The molecule has 3 N–H and O–H groups in total. The molecular weight excluding hydrogens is 797 g/mol. The number of quaternary nitrogens is 1. The van der Waals surface area contributed by atoms with Gasteiger partial charge in [-0.15, -0.1) is 0 Å². The maximum Gasteiger partial charge on any atom is 0.472 e. The summed E-state index contributed by atoms with van der Waals surface area (Å²) in [5, 5.41) is 20.8. The van der Waals surface area contributed by atoms with Gasteiger partial charge in [0.15, 0.2) is 6.10 Å². The number of phosphoric acid groups is 1. The van der Waals surface area contributed by atoms with Crippen molar-refractivity contribution in [1.82, 2.24) is 0 Å². The number of aliphatic hydroxyl groups excluding tert-OH is 2. The number of phosphoric ester groups is 1. The van der Waals surface area contributed by atoms with Crippen molar-refractivity contribution in [2.75, 3.05) is 47.5 Å². The number of hydrogen-bond donors (Lipinski definition) is 3. The highest BCUT2D eigenvalue weighted by Crippen LogP contribution is 2.43. The molecule has 1 aliphatic carbocycles. The normalized spacial score (nSPS) is 19.4. The molecule has 1 unspecified atom stereocenters. The number of nitrogens with zero attached hydrogens (tertiary/aromatic N) is 1. The van der Waals surface area contributed by atoms with Crippen LogP contribution in [0.15, 0.2) is 48.6 Å². The summed E-state index contributed by atoms with van der Waals surface area (Å²) in [6.07, 6.45) is 33.6. The van der Waals surface area contributed by atoms with E-state index < -0.39 is 50.6 Å². The largest absolute Gasteiger partial charge is 0.472 e. The van der Waals surface area contributed by atoms with Gasteiger partial charge in [0.2, 0.25) is 0 Å². The number of ketones is 1. The van der Waals surface area contributed by atoms with Crippen molar-refractivity contribution in [3.8, 4) is 0 Å². The predicted octanol–water partition coefficient (Wildman–Crippen LogP) is 10.1. The van der Waals surface area contributed by atoms with Gasteiger partial charge in [-0.1, -0.05) is 133 Å².